The van der Waals surface area contributed by atoms with E-state index in [1.807, 2.05) is 12.1 Å². The molecule has 156 valence electrons. The summed E-state index contributed by atoms with van der Waals surface area (Å²) in [5.41, 5.74) is 2.25. The molecule has 7 nitrogen and oxygen atoms in total. The van der Waals surface area contributed by atoms with Gasteiger partial charge in [0, 0.05) is 19.6 Å². The minimum atomic E-state index is -3.54. The van der Waals surface area contributed by atoms with Gasteiger partial charge >= 0.3 is 0 Å². The van der Waals surface area contributed by atoms with Gasteiger partial charge in [0.05, 0.1) is 30.6 Å². The van der Waals surface area contributed by atoms with Crippen molar-refractivity contribution in [1.29, 1.82) is 0 Å². The van der Waals surface area contributed by atoms with E-state index in [0.717, 1.165) is 11.1 Å². The molecule has 2 aromatic rings. The first-order valence-corrected chi connectivity index (χ1v) is 11.1. The van der Waals surface area contributed by atoms with E-state index in [4.69, 9.17) is 21.1 Å². The Labute approximate surface area is 175 Å². The number of hydrogen-bond acceptors (Lipinski definition) is 5. The predicted octanol–water partition coefficient (Wildman–Crippen LogP) is 2.48. The lowest BCUT2D eigenvalue weighted by molar-refractivity contribution is 0.0956. The van der Waals surface area contributed by atoms with Crippen LogP contribution in [0.15, 0.2) is 36.4 Å². The molecule has 3 rings (SSSR count). The SMILES string of the molecule is COc1cc2c(cc1OC)CN(S(=O)(=O)CCNC(=O)c1ccccc1Cl)CC2. The van der Waals surface area contributed by atoms with Crippen LogP contribution in [0, 0.1) is 0 Å². The number of halogens is 1. The number of sulfonamides is 1. The Morgan fingerprint density at radius 2 is 1.79 bits per heavy atom. The second-order valence-corrected chi connectivity index (χ2v) is 9.11. The minimum absolute atomic E-state index is 0.00167. The number of amides is 1. The Kier molecular flexibility index (Phi) is 6.66. The van der Waals surface area contributed by atoms with E-state index in [1.165, 1.54) is 4.31 Å². The third kappa shape index (κ3) is 4.83. The van der Waals surface area contributed by atoms with Gasteiger partial charge in [-0.3, -0.25) is 4.79 Å². The molecular formula is C20H23ClN2O5S. The Morgan fingerprint density at radius 1 is 1.14 bits per heavy atom. The van der Waals surface area contributed by atoms with Crippen molar-refractivity contribution >= 4 is 27.5 Å². The van der Waals surface area contributed by atoms with Crippen molar-refractivity contribution in [3.05, 3.63) is 58.1 Å². The standard InChI is InChI=1S/C20H23ClN2O5S/c1-27-18-11-14-7-9-23(13-15(14)12-19(18)28-2)29(25,26)10-8-22-20(24)16-5-3-4-6-17(16)21/h3-6,11-12H,7-10,13H2,1-2H3,(H,22,24). The molecule has 0 radical (unpaired) electrons. The molecule has 0 unspecified atom stereocenters. The molecule has 0 bridgehead atoms. The molecule has 2 aromatic carbocycles. The number of carbonyl (C=O) groups excluding carboxylic acids is 1. The predicted molar refractivity (Wildman–Crippen MR) is 111 cm³/mol. The van der Waals surface area contributed by atoms with Gasteiger partial charge in [0.2, 0.25) is 10.0 Å². The van der Waals surface area contributed by atoms with Gasteiger partial charge in [-0.05, 0) is 41.8 Å². The first-order chi connectivity index (χ1) is 13.9. The molecule has 1 aliphatic rings. The summed E-state index contributed by atoms with van der Waals surface area (Å²) < 4.78 is 37.6. The zero-order valence-electron chi connectivity index (χ0n) is 16.3. The molecule has 0 spiro atoms. The molecule has 9 heteroatoms. The van der Waals surface area contributed by atoms with Gasteiger partial charge < -0.3 is 14.8 Å². The zero-order valence-corrected chi connectivity index (χ0v) is 17.8. The zero-order chi connectivity index (χ0) is 21.0. The van der Waals surface area contributed by atoms with Crippen LogP contribution < -0.4 is 14.8 Å². The maximum atomic E-state index is 12.8. The fourth-order valence-corrected chi connectivity index (χ4v) is 4.80. The molecule has 1 amide bonds. The minimum Gasteiger partial charge on any atom is -0.493 e. The van der Waals surface area contributed by atoms with Crippen molar-refractivity contribution in [2.24, 2.45) is 0 Å². The number of nitrogens with zero attached hydrogens (tertiary/aromatic N) is 1. The molecule has 0 aromatic heterocycles. The van der Waals surface area contributed by atoms with E-state index in [-0.39, 0.29) is 18.8 Å². The second-order valence-electron chi connectivity index (χ2n) is 6.61. The van der Waals surface area contributed by atoms with Gasteiger partial charge in [0.15, 0.2) is 11.5 Å². The number of methoxy groups -OCH3 is 2. The summed E-state index contributed by atoms with van der Waals surface area (Å²) >= 11 is 6.00. The number of fused-ring (bicyclic) bond motifs is 1. The first-order valence-electron chi connectivity index (χ1n) is 9.10. The summed E-state index contributed by atoms with van der Waals surface area (Å²) in [4.78, 5) is 12.2. The van der Waals surface area contributed by atoms with E-state index < -0.39 is 15.9 Å². The summed E-state index contributed by atoms with van der Waals surface area (Å²) in [6, 6.07) is 10.3. The summed E-state index contributed by atoms with van der Waals surface area (Å²) in [6.07, 6.45) is 0.584. The van der Waals surface area contributed by atoms with Crippen molar-refractivity contribution in [2.75, 3.05) is 33.1 Å². The average molecular weight is 439 g/mol. The lowest BCUT2D eigenvalue weighted by Gasteiger charge is -2.29. The van der Waals surface area contributed by atoms with Gasteiger partial charge in [-0.2, -0.15) is 4.31 Å². The van der Waals surface area contributed by atoms with E-state index in [9.17, 15) is 13.2 Å². The van der Waals surface area contributed by atoms with Gasteiger partial charge in [0.25, 0.3) is 5.91 Å². The fourth-order valence-electron chi connectivity index (χ4n) is 3.26. The smallest absolute Gasteiger partial charge is 0.252 e. The van der Waals surface area contributed by atoms with Crippen LogP contribution in [-0.4, -0.2) is 51.7 Å². The van der Waals surface area contributed by atoms with E-state index in [1.54, 1.807) is 38.5 Å². The molecule has 1 aliphatic heterocycles. The Balaban J connectivity index is 1.63. The normalized spacial score (nSPS) is 14.2. The summed E-state index contributed by atoms with van der Waals surface area (Å²) in [5, 5.41) is 2.95. The van der Waals surface area contributed by atoms with Gasteiger partial charge in [0.1, 0.15) is 0 Å². The lowest BCUT2D eigenvalue weighted by Crippen LogP contribution is -2.40. The molecular weight excluding hydrogens is 416 g/mol. The number of nitrogens with one attached hydrogen (secondary N) is 1. The number of hydrogen-bond donors (Lipinski definition) is 1. The Morgan fingerprint density at radius 3 is 2.45 bits per heavy atom. The highest BCUT2D eigenvalue weighted by Crippen LogP contribution is 2.33. The average Bonchev–Trinajstić information content (AvgIpc) is 2.72. The Bertz CT molecular complexity index is 1010. The van der Waals surface area contributed by atoms with Crippen LogP contribution in [0.3, 0.4) is 0 Å². The van der Waals surface area contributed by atoms with Crippen LogP contribution in [0.2, 0.25) is 5.02 Å². The van der Waals surface area contributed by atoms with Crippen molar-refractivity contribution in [1.82, 2.24) is 9.62 Å². The molecule has 0 aliphatic carbocycles. The summed E-state index contributed by atoms with van der Waals surface area (Å²) in [5.74, 6) is 0.611. The molecule has 0 atom stereocenters. The molecule has 1 N–H and O–H groups in total. The number of carbonyl (C=O) groups is 1. The van der Waals surface area contributed by atoms with Crippen LogP contribution >= 0.6 is 11.6 Å². The maximum absolute atomic E-state index is 12.8. The topological polar surface area (TPSA) is 84.9 Å². The Hall–Kier alpha value is -2.29. The van der Waals surface area contributed by atoms with Crippen molar-refractivity contribution in [3.8, 4) is 11.5 Å². The molecule has 29 heavy (non-hydrogen) atoms. The largest absolute Gasteiger partial charge is 0.493 e. The van der Waals surface area contributed by atoms with Crippen LogP contribution in [0.5, 0.6) is 11.5 Å². The summed E-state index contributed by atoms with van der Waals surface area (Å²) in [6.45, 7) is 0.640. The number of ether oxygens (including phenoxy) is 2. The van der Waals surface area contributed by atoms with Gasteiger partial charge in [-0.1, -0.05) is 23.7 Å². The highest BCUT2D eigenvalue weighted by molar-refractivity contribution is 7.89. The first kappa shape index (κ1) is 21.4. The van der Waals surface area contributed by atoms with Gasteiger partial charge in [-0.25, -0.2) is 8.42 Å². The van der Waals surface area contributed by atoms with Crippen LogP contribution in [0.1, 0.15) is 21.5 Å². The number of rotatable bonds is 7. The third-order valence-electron chi connectivity index (χ3n) is 4.84. The van der Waals surface area contributed by atoms with Crippen molar-refractivity contribution in [2.45, 2.75) is 13.0 Å². The van der Waals surface area contributed by atoms with Gasteiger partial charge in [-0.15, -0.1) is 0 Å². The highest BCUT2D eigenvalue weighted by atomic mass is 35.5. The monoisotopic (exact) mass is 438 g/mol. The molecule has 0 fully saturated rings. The molecule has 1 heterocycles. The third-order valence-corrected chi connectivity index (χ3v) is 6.99. The van der Waals surface area contributed by atoms with Crippen LogP contribution in [0.4, 0.5) is 0 Å². The van der Waals surface area contributed by atoms with E-state index in [0.29, 0.717) is 35.1 Å². The van der Waals surface area contributed by atoms with Crippen molar-refractivity contribution < 1.29 is 22.7 Å². The highest BCUT2D eigenvalue weighted by Gasteiger charge is 2.28. The quantitative estimate of drug-likeness (QED) is 0.717. The summed E-state index contributed by atoms with van der Waals surface area (Å²) in [7, 11) is -0.421. The maximum Gasteiger partial charge on any atom is 0.252 e. The van der Waals surface area contributed by atoms with E-state index in [2.05, 4.69) is 5.32 Å². The molecule has 0 saturated carbocycles. The van der Waals surface area contributed by atoms with Crippen LogP contribution in [-0.2, 0) is 23.0 Å². The fraction of sp³-hybridized carbons (Fsp3) is 0.350. The number of benzene rings is 2. The molecule has 0 saturated heterocycles. The van der Waals surface area contributed by atoms with Crippen molar-refractivity contribution in [3.63, 3.8) is 0 Å². The lowest BCUT2D eigenvalue weighted by atomic mass is 10.0. The van der Waals surface area contributed by atoms with E-state index >= 15 is 0 Å². The second kappa shape index (κ2) is 9.02. The van der Waals surface area contributed by atoms with Crippen LogP contribution in [0.25, 0.3) is 0 Å².